The second-order valence-corrected chi connectivity index (χ2v) is 5.41. The van der Waals surface area contributed by atoms with E-state index in [2.05, 4.69) is 17.2 Å². The number of ether oxygens (including phenoxy) is 1. The number of amides is 1. The number of benzene rings is 1. The molecule has 5 heteroatoms. The van der Waals surface area contributed by atoms with E-state index in [0.717, 1.165) is 49.3 Å². The van der Waals surface area contributed by atoms with Crippen LogP contribution in [0.15, 0.2) is 24.3 Å². The maximum Gasteiger partial charge on any atom is 0.240 e. The summed E-state index contributed by atoms with van der Waals surface area (Å²) in [5.74, 6) is 1.01. The number of para-hydroxylation sites is 2. The van der Waals surface area contributed by atoms with E-state index in [-0.39, 0.29) is 11.9 Å². The van der Waals surface area contributed by atoms with Crippen LogP contribution in [0.5, 0.6) is 0 Å². The van der Waals surface area contributed by atoms with E-state index in [1.165, 1.54) is 0 Å². The molecule has 0 radical (unpaired) electrons. The van der Waals surface area contributed by atoms with Crippen LogP contribution in [0, 0.1) is 0 Å². The lowest BCUT2D eigenvalue weighted by Crippen LogP contribution is -2.40. The van der Waals surface area contributed by atoms with E-state index >= 15 is 0 Å². The van der Waals surface area contributed by atoms with E-state index in [4.69, 9.17) is 4.74 Å². The zero-order chi connectivity index (χ0) is 14.7. The van der Waals surface area contributed by atoms with Gasteiger partial charge in [0.2, 0.25) is 5.91 Å². The SMILES string of the molecule is CCc1nc2ccccc2n1CC(=O)NC1CCOCC1. The molecule has 0 spiro atoms. The Hall–Kier alpha value is -1.88. The Bertz CT molecular complexity index is 629. The fourth-order valence-corrected chi connectivity index (χ4v) is 2.83. The molecule has 1 fully saturated rings. The highest BCUT2D eigenvalue weighted by atomic mass is 16.5. The fourth-order valence-electron chi connectivity index (χ4n) is 2.83. The summed E-state index contributed by atoms with van der Waals surface area (Å²) in [6.07, 6.45) is 2.62. The molecule has 0 unspecified atom stereocenters. The molecular weight excluding hydrogens is 266 g/mol. The van der Waals surface area contributed by atoms with Gasteiger partial charge in [0.1, 0.15) is 12.4 Å². The third kappa shape index (κ3) is 3.08. The Morgan fingerprint density at radius 1 is 1.38 bits per heavy atom. The summed E-state index contributed by atoms with van der Waals surface area (Å²) in [6.45, 7) is 3.87. The minimum atomic E-state index is 0.0553. The Morgan fingerprint density at radius 3 is 2.90 bits per heavy atom. The van der Waals surface area contributed by atoms with E-state index in [9.17, 15) is 4.79 Å². The molecule has 1 amide bonds. The molecule has 21 heavy (non-hydrogen) atoms. The zero-order valence-electron chi connectivity index (χ0n) is 12.3. The lowest BCUT2D eigenvalue weighted by molar-refractivity contribution is -0.122. The van der Waals surface area contributed by atoms with E-state index in [1.54, 1.807) is 0 Å². The largest absolute Gasteiger partial charge is 0.381 e. The molecule has 0 aliphatic carbocycles. The van der Waals surface area contributed by atoms with E-state index < -0.39 is 0 Å². The summed E-state index contributed by atoms with van der Waals surface area (Å²) in [7, 11) is 0. The van der Waals surface area contributed by atoms with Crippen LogP contribution < -0.4 is 5.32 Å². The second-order valence-electron chi connectivity index (χ2n) is 5.41. The standard InChI is InChI=1S/C16H21N3O2/c1-2-15-18-13-5-3-4-6-14(13)19(15)11-16(20)17-12-7-9-21-10-8-12/h3-6,12H,2,7-11H2,1H3,(H,17,20). The van der Waals surface area contributed by atoms with Crippen molar-refractivity contribution < 1.29 is 9.53 Å². The number of aromatic nitrogens is 2. The quantitative estimate of drug-likeness (QED) is 0.934. The molecule has 2 heterocycles. The van der Waals surface area contributed by atoms with Crippen LogP contribution in [-0.2, 0) is 22.5 Å². The van der Waals surface area contributed by atoms with Gasteiger partial charge in [-0.2, -0.15) is 0 Å². The highest BCUT2D eigenvalue weighted by molar-refractivity contribution is 5.81. The van der Waals surface area contributed by atoms with E-state index in [0.29, 0.717) is 6.54 Å². The van der Waals surface area contributed by atoms with Crippen molar-refractivity contribution in [2.24, 2.45) is 0 Å². The smallest absolute Gasteiger partial charge is 0.240 e. The topological polar surface area (TPSA) is 56.2 Å². The molecule has 3 rings (SSSR count). The molecule has 1 aromatic carbocycles. The third-order valence-electron chi connectivity index (χ3n) is 3.94. The number of hydrogen-bond donors (Lipinski definition) is 1. The van der Waals surface area contributed by atoms with Gasteiger partial charge in [0, 0.05) is 25.7 Å². The minimum Gasteiger partial charge on any atom is -0.381 e. The normalized spacial score (nSPS) is 16.2. The first kappa shape index (κ1) is 14.1. The summed E-state index contributed by atoms with van der Waals surface area (Å²) in [4.78, 5) is 16.9. The third-order valence-corrected chi connectivity index (χ3v) is 3.94. The summed E-state index contributed by atoms with van der Waals surface area (Å²) >= 11 is 0. The van der Waals surface area contributed by atoms with Gasteiger partial charge in [-0.25, -0.2) is 4.98 Å². The van der Waals surface area contributed by atoms with Crippen LogP contribution in [0.2, 0.25) is 0 Å². The molecular formula is C16H21N3O2. The molecule has 1 saturated heterocycles. The number of fused-ring (bicyclic) bond motifs is 1. The van der Waals surface area contributed by atoms with Crippen molar-refractivity contribution in [1.82, 2.24) is 14.9 Å². The summed E-state index contributed by atoms with van der Waals surface area (Å²) in [6, 6.07) is 8.20. The molecule has 1 aromatic heterocycles. The van der Waals surface area contributed by atoms with Gasteiger partial charge in [-0.3, -0.25) is 4.79 Å². The van der Waals surface area contributed by atoms with Crippen LogP contribution in [0.3, 0.4) is 0 Å². The summed E-state index contributed by atoms with van der Waals surface area (Å²) in [5.41, 5.74) is 1.98. The van der Waals surface area contributed by atoms with Crippen molar-refractivity contribution in [3.63, 3.8) is 0 Å². The first-order chi connectivity index (χ1) is 10.3. The second kappa shape index (κ2) is 6.26. The number of imidazole rings is 1. The van der Waals surface area contributed by atoms with Gasteiger partial charge < -0.3 is 14.6 Å². The van der Waals surface area contributed by atoms with Crippen molar-refractivity contribution >= 4 is 16.9 Å². The van der Waals surface area contributed by atoms with Crippen LogP contribution in [0.4, 0.5) is 0 Å². The Labute approximate surface area is 124 Å². The van der Waals surface area contributed by atoms with Gasteiger partial charge in [-0.1, -0.05) is 19.1 Å². The Morgan fingerprint density at radius 2 is 2.14 bits per heavy atom. The van der Waals surface area contributed by atoms with Crippen molar-refractivity contribution in [3.8, 4) is 0 Å². The number of carbonyl (C=O) groups excluding carboxylic acids is 1. The molecule has 1 aliphatic heterocycles. The van der Waals surface area contributed by atoms with Gasteiger partial charge in [-0.15, -0.1) is 0 Å². The number of carbonyl (C=O) groups is 1. The molecule has 0 bridgehead atoms. The Kier molecular flexibility index (Phi) is 4.20. The van der Waals surface area contributed by atoms with Gasteiger partial charge in [0.05, 0.1) is 11.0 Å². The first-order valence-corrected chi connectivity index (χ1v) is 7.59. The van der Waals surface area contributed by atoms with Gasteiger partial charge in [-0.05, 0) is 25.0 Å². The number of aryl methyl sites for hydroxylation is 1. The molecule has 112 valence electrons. The van der Waals surface area contributed by atoms with Gasteiger partial charge in [0.15, 0.2) is 0 Å². The summed E-state index contributed by atoms with van der Waals surface area (Å²) < 4.78 is 7.33. The lowest BCUT2D eigenvalue weighted by atomic mass is 10.1. The monoisotopic (exact) mass is 287 g/mol. The Balaban J connectivity index is 1.75. The molecule has 1 N–H and O–H groups in total. The average Bonchev–Trinajstić information content (AvgIpc) is 2.86. The number of nitrogens with one attached hydrogen (secondary N) is 1. The van der Waals surface area contributed by atoms with Crippen molar-refractivity contribution in [1.29, 1.82) is 0 Å². The van der Waals surface area contributed by atoms with Crippen molar-refractivity contribution in [3.05, 3.63) is 30.1 Å². The van der Waals surface area contributed by atoms with Crippen LogP contribution in [0.25, 0.3) is 11.0 Å². The molecule has 1 aliphatic rings. The van der Waals surface area contributed by atoms with Gasteiger partial charge in [0.25, 0.3) is 0 Å². The predicted molar refractivity (Wildman–Crippen MR) is 81.1 cm³/mol. The fraction of sp³-hybridized carbons (Fsp3) is 0.500. The molecule has 0 saturated carbocycles. The van der Waals surface area contributed by atoms with Crippen LogP contribution >= 0.6 is 0 Å². The van der Waals surface area contributed by atoms with Crippen molar-refractivity contribution in [2.45, 2.75) is 38.8 Å². The number of nitrogens with zero attached hydrogens (tertiary/aromatic N) is 2. The number of hydrogen-bond acceptors (Lipinski definition) is 3. The zero-order valence-corrected chi connectivity index (χ0v) is 12.3. The van der Waals surface area contributed by atoms with E-state index in [1.807, 2.05) is 28.8 Å². The maximum atomic E-state index is 12.3. The van der Waals surface area contributed by atoms with Crippen LogP contribution in [0.1, 0.15) is 25.6 Å². The maximum absolute atomic E-state index is 12.3. The average molecular weight is 287 g/mol. The van der Waals surface area contributed by atoms with Crippen LogP contribution in [-0.4, -0.2) is 34.7 Å². The highest BCUT2D eigenvalue weighted by Crippen LogP contribution is 2.16. The minimum absolute atomic E-state index is 0.0553. The number of rotatable bonds is 4. The van der Waals surface area contributed by atoms with Crippen molar-refractivity contribution in [2.75, 3.05) is 13.2 Å². The predicted octanol–water partition coefficient (Wildman–Crippen LogP) is 1.89. The lowest BCUT2D eigenvalue weighted by Gasteiger charge is -2.23. The molecule has 0 atom stereocenters. The first-order valence-electron chi connectivity index (χ1n) is 7.59. The molecule has 5 nitrogen and oxygen atoms in total. The van der Waals surface area contributed by atoms with Gasteiger partial charge >= 0.3 is 0 Å². The highest BCUT2D eigenvalue weighted by Gasteiger charge is 2.18. The summed E-state index contributed by atoms with van der Waals surface area (Å²) in [5, 5.41) is 3.11. The molecule has 2 aromatic rings.